The van der Waals surface area contributed by atoms with E-state index in [0.717, 1.165) is 12.1 Å². The van der Waals surface area contributed by atoms with Crippen molar-refractivity contribution in [2.24, 2.45) is 0 Å². The normalized spacial score (nSPS) is 12.4. The predicted molar refractivity (Wildman–Crippen MR) is 107 cm³/mol. The fraction of sp³-hybridized carbons (Fsp3) is 0.235. The number of carbonyl (C=O) groups is 1. The molecule has 0 fully saturated rings. The first-order valence-corrected chi connectivity index (χ1v) is 11.1. The first-order chi connectivity index (χ1) is 12.8. The molecule has 0 unspecified atom stereocenters. The quantitative estimate of drug-likeness (QED) is 0.183. The monoisotopic (exact) mass is 658 g/mol. The van der Waals surface area contributed by atoms with Crippen LogP contribution >= 0.6 is 63.7 Å². The highest BCUT2D eigenvalue weighted by atomic mass is 79.9. The number of halogens is 10. The molecule has 28 heavy (non-hydrogen) atoms. The molecule has 0 heterocycles. The summed E-state index contributed by atoms with van der Waals surface area (Å²) in [6.07, 6.45) is -9.45. The van der Waals surface area contributed by atoms with Crippen molar-refractivity contribution in [1.82, 2.24) is 0 Å². The summed E-state index contributed by atoms with van der Waals surface area (Å²) in [6, 6.07) is 2.94. The van der Waals surface area contributed by atoms with Crippen LogP contribution in [0.5, 0.6) is 0 Å². The van der Waals surface area contributed by atoms with E-state index in [0.29, 0.717) is 12.1 Å². The standard InChI is InChI=1S/C17H8Br4F6O/c18-5-11-9(1-7(3-13(11)20)16(22,23)24)15(28)10-2-8(17(25,26)27)4-14(21)12(10)6-19/h1-4H,5-6H2. The lowest BCUT2D eigenvalue weighted by molar-refractivity contribution is -0.138. The van der Waals surface area contributed by atoms with Crippen molar-refractivity contribution in [3.05, 3.63) is 66.6 Å². The highest BCUT2D eigenvalue weighted by Gasteiger charge is 2.35. The van der Waals surface area contributed by atoms with Gasteiger partial charge in [-0.05, 0) is 35.4 Å². The molecule has 1 nitrogen and oxygen atoms in total. The lowest BCUT2D eigenvalue weighted by Gasteiger charge is -2.17. The number of hydrogen-bond acceptors (Lipinski definition) is 1. The highest BCUT2D eigenvalue weighted by Crippen LogP contribution is 2.39. The van der Waals surface area contributed by atoms with Gasteiger partial charge < -0.3 is 0 Å². The lowest BCUT2D eigenvalue weighted by Crippen LogP contribution is -2.14. The van der Waals surface area contributed by atoms with Gasteiger partial charge in [-0.2, -0.15) is 26.3 Å². The van der Waals surface area contributed by atoms with E-state index >= 15 is 0 Å². The van der Waals surface area contributed by atoms with Crippen LogP contribution in [0.4, 0.5) is 26.3 Å². The number of benzene rings is 2. The maximum absolute atomic E-state index is 13.2. The lowest BCUT2D eigenvalue weighted by atomic mass is 9.93. The predicted octanol–water partition coefficient (Wildman–Crippen LogP) is 8.27. The molecular weight excluding hydrogens is 654 g/mol. The molecule has 0 bridgehead atoms. The van der Waals surface area contributed by atoms with Crippen LogP contribution in [0.1, 0.15) is 38.2 Å². The minimum absolute atomic E-state index is 0.0222. The minimum Gasteiger partial charge on any atom is -0.289 e. The molecule has 0 amide bonds. The average molecular weight is 662 g/mol. The third-order valence-corrected chi connectivity index (χ3v) is 6.34. The molecule has 2 rings (SSSR count). The SMILES string of the molecule is O=C(c1cc(C(F)(F)F)cc(Br)c1CBr)c1cc(C(F)(F)F)cc(Br)c1CBr. The van der Waals surface area contributed by atoms with Crippen LogP contribution in [0.15, 0.2) is 33.2 Å². The maximum atomic E-state index is 13.2. The van der Waals surface area contributed by atoms with E-state index in [-0.39, 0.29) is 41.9 Å². The van der Waals surface area contributed by atoms with E-state index in [4.69, 9.17) is 0 Å². The van der Waals surface area contributed by atoms with Crippen LogP contribution in [-0.2, 0) is 23.0 Å². The van der Waals surface area contributed by atoms with E-state index in [9.17, 15) is 31.1 Å². The van der Waals surface area contributed by atoms with E-state index in [1.165, 1.54) is 0 Å². The molecule has 0 aliphatic rings. The molecule has 0 saturated heterocycles. The molecule has 0 radical (unpaired) electrons. The highest BCUT2D eigenvalue weighted by molar-refractivity contribution is 9.11. The number of rotatable bonds is 4. The van der Waals surface area contributed by atoms with E-state index < -0.39 is 29.3 Å². The fourth-order valence-corrected chi connectivity index (χ4v) is 5.58. The van der Waals surface area contributed by atoms with Crippen LogP contribution < -0.4 is 0 Å². The summed E-state index contributed by atoms with van der Waals surface area (Å²) in [5.74, 6) is -0.942. The van der Waals surface area contributed by atoms with E-state index in [1.807, 2.05) is 0 Å². The van der Waals surface area contributed by atoms with Gasteiger partial charge in [0.05, 0.1) is 11.1 Å². The van der Waals surface area contributed by atoms with Crippen molar-refractivity contribution >= 4 is 69.5 Å². The third kappa shape index (κ3) is 5.02. The molecule has 0 saturated carbocycles. The molecule has 0 aromatic heterocycles. The zero-order chi connectivity index (χ0) is 21.4. The summed E-state index contributed by atoms with van der Waals surface area (Å²) in [7, 11) is 0. The van der Waals surface area contributed by atoms with Gasteiger partial charge in [-0.1, -0.05) is 63.7 Å². The molecule has 11 heteroatoms. The van der Waals surface area contributed by atoms with Crippen molar-refractivity contribution in [3.63, 3.8) is 0 Å². The Morgan fingerprint density at radius 3 is 1.29 bits per heavy atom. The Hall–Kier alpha value is -0.390. The van der Waals surface area contributed by atoms with Crippen LogP contribution in [0.25, 0.3) is 0 Å². The second-order valence-electron chi connectivity index (χ2n) is 5.56. The Morgan fingerprint density at radius 2 is 1.04 bits per heavy atom. The van der Waals surface area contributed by atoms with Crippen LogP contribution in [-0.4, -0.2) is 5.78 Å². The third-order valence-electron chi connectivity index (χ3n) is 3.80. The van der Waals surface area contributed by atoms with Crippen LogP contribution in [0.2, 0.25) is 0 Å². The zero-order valence-corrected chi connectivity index (χ0v) is 19.8. The van der Waals surface area contributed by atoms with Crippen molar-refractivity contribution in [3.8, 4) is 0 Å². The van der Waals surface area contributed by atoms with Gasteiger partial charge >= 0.3 is 12.4 Å². The van der Waals surface area contributed by atoms with Gasteiger partial charge in [-0.25, -0.2) is 0 Å². The number of hydrogen-bond donors (Lipinski definition) is 0. The summed E-state index contributed by atoms with van der Waals surface area (Å²) in [4.78, 5) is 13.1. The average Bonchev–Trinajstić information content (AvgIpc) is 2.58. The molecule has 152 valence electrons. The van der Waals surface area contributed by atoms with Gasteiger partial charge in [0.25, 0.3) is 0 Å². The molecule has 0 aliphatic heterocycles. The Balaban J connectivity index is 2.79. The summed E-state index contributed by atoms with van der Waals surface area (Å²) in [5, 5.41) is 0.0488. The summed E-state index contributed by atoms with van der Waals surface area (Å²) in [6.45, 7) is 0. The Bertz CT molecular complexity index is 848. The molecule has 0 atom stereocenters. The Kier molecular flexibility index (Phi) is 7.48. The van der Waals surface area contributed by atoms with Crippen molar-refractivity contribution in [1.29, 1.82) is 0 Å². The Labute approximate surface area is 189 Å². The first kappa shape index (κ1) is 23.9. The van der Waals surface area contributed by atoms with Gasteiger partial charge in [0.1, 0.15) is 0 Å². The van der Waals surface area contributed by atoms with Crippen molar-refractivity contribution in [2.45, 2.75) is 23.0 Å². The van der Waals surface area contributed by atoms with Gasteiger partial charge in [-0.15, -0.1) is 0 Å². The van der Waals surface area contributed by atoms with Crippen LogP contribution in [0.3, 0.4) is 0 Å². The van der Waals surface area contributed by atoms with Crippen molar-refractivity contribution in [2.75, 3.05) is 0 Å². The number of alkyl halides is 8. The van der Waals surface area contributed by atoms with Crippen LogP contribution in [0, 0.1) is 0 Å². The largest absolute Gasteiger partial charge is 0.416 e. The number of carbonyl (C=O) groups excluding carboxylic acids is 1. The summed E-state index contributed by atoms with van der Waals surface area (Å²) < 4.78 is 79.1. The molecule has 2 aromatic carbocycles. The van der Waals surface area contributed by atoms with Gasteiger partial charge in [0, 0.05) is 30.7 Å². The first-order valence-electron chi connectivity index (χ1n) is 7.27. The molecule has 0 spiro atoms. The van der Waals surface area contributed by atoms with Gasteiger partial charge in [0.2, 0.25) is 0 Å². The Morgan fingerprint density at radius 1 is 0.714 bits per heavy atom. The van der Waals surface area contributed by atoms with E-state index in [2.05, 4.69) is 63.7 Å². The second kappa shape index (κ2) is 8.77. The van der Waals surface area contributed by atoms with Gasteiger partial charge in [0.15, 0.2) is 5.78 Å². The topological polar surface area (TPSA) is 17.1 Å². The smallest absolute Gasteiger partial charge is 0.289 e. The zero-order valence-electron chi connectivity index (χ0n) is 13.4. The van der Waals surface area contributed by atoms with Gasteiger partial charge in [-0.3, -0.25) is 4.79 Å². The summed E-state index contributed by atoms with van der Waals surface area (Å²) >= 11 is 12.2. The number of ketones is 1. The second-order valence-corrected chi connectivity index (χ2v) is 8.39. The fourth-order valence-electron chi connectivity index (χ4n) is 2.42. The minimum atomic E-state index is -4.73. The molecule has 0 aliphatic carbocycles. The van der Waals surface area contributed by atoms with E-state index in [1.54, 1.807) is 0 Å². The molecular formula is C17H8Br4F6O. The summed E-state index contributed by atoms with van der Waals surface area (Å²) in [5.41, 5.74) is -2.45. The molecule has 0 N–H and O–H groups in total. The van der Waals surface area contributed by atoms with Crippen molar-refractivity contribution < 1.29 is 31.1 Å². The molecule has 2 aromatic rings. The maximum Gasteiger partial charge on any atom is 0.416 e.